The fraction of sp³-hybridized carbons (Fsp3) is 0.172. The molecule has 0 amide bonds. The molecule has 4 rings (SSSR count). The largest absolute Gasteiger partial charge is 0.573 e. The van der Waals surface area contributed by atoms with E-state index in [1.165, 1.54) is 24.3 Å². The van der Waals surface area contributed by atoms with Gasteiger partial charge in [-0.3, -0.25) is 0 Å². The molecular formula is C29H22F7NO5S2. The molecule has 2 atom stereocenters. The minimum atomic E-state index is -5.09. The number of ether oxygens (including phenoxy) is 2. The van der Waals surface area contributed by atoms with Crippen molar-refractivity contribution in [1.29, 1.82) is 0 Å². The molecule has 4 aromatic rings. The summed E-state index contributed by atoms with van der Waals surface area (Å²) in [7, 11) is -6.40. The fourth-order valence-corrected chi connectivity index (χ4v) is 6.67. The molecule has 15 heteroatoms. The number of halogens is 7. The van der Waals surface area contributed by atoms with Crippen LogP contribution in [0, 0.1) is 5.82 Å². The van der Waals surface area contributed by atoms with Gasteiger partial charge in [0.2, 0.25) is 9.84 Å². The molecule has 0 aliphatic rings. The quantitative estimate of drug-likeness (QED) is 0.179. The van der Waals surface area contributed by atoms with Gasteiger partial charge in [-0.25, -0.2) is 21.7 Å². The third-order valence-corrected chi connectivity index (χ3v) is 9.25. The van der Waals surface area contributed by atoms with Crippen molar-refractivity contribution >= 4 is 20.8 Å². The van der Waals surface area contributed by atoms with Crippen LogP contribution in [0.2, 0.25) is 0 Å². The summed E-state index contributed by atoms with van der Waals surface area (Å²) in [6.45, 7) is 1.69. The second-order valence-electron chi connectivity index (χ2n) is 9.30. The summed E-state index contributed by atoms with van der Waals surface area (Å²) in [5.41, 5.74) is 1.28. The zero-order valence-electron chi connectivity index (χ0n) is 22.4. The number of alkyl halides is 6. The molecule has 0 heterocycles. The first-order chi connectivity index (χ1) is 20.5. The Morgan fingerprint density at radius 3 is 1.93 bits per heavy atom. The molecule has 44 heavy (non-hydrogen) atoms. The van der Waals surface area contributed by atoms with Crippen LogP contribution in [-0.2, 0) is 27.2 Å². The van der Waals surface area contributed by atoms with Crippen LogP contribution in [0.15, 0.2) is 106 Å². The van der Waals surface area contributed by atoms with Gasteiger partial charge in [-0.15, -0.1) is 26.3 Å². The Labute approximate surface area is 249 Å². The number of sulfone groups is 1. The highest BCUT2D eigenvalue weighted by Crippen LogP contribution is 2.33. The van der Waals surface area contributed by atoms with Crippen molar-refractivity contribution in [3.8, 4) is 11.5 Å². The molecule has 4 aromatic carbocycles. The molecule has 0 saturated carbocycles. The van der Waals surface area contributed by atoms with Gasteiger partial charge < -0.3 is 9.47 Å². The van der Waals surface area contributed by atoms with Crippen LogP contribution in [-0.4, -0.2) is 25.4 Å². The van der Waals surface area contributed by atoms with Gasteiger partial charge >= 0.3 is 12.7 Å². The Morgan fingerprint density at radius 2 is 1.34 bits per heavy atom. The van der Waals surface area contributed by atoms with Crippen LogP contribution in [0.4, 0.5) is 30.7 Å². The van der Waals surface area contributed by atoms with E-state index in [0.29, 0.717) is 17.2 Å². The maximum absolute atomic E-state index is 14.4. The van der Waals surface area contributed by atoms with Crippen molar-refractivity contribution < 1.29 is 52.8 Å². The molecule has 1 unspecified atom stereocenters. The maximum Gasteiger partial charge on any atom is 0.573 e. The number of hydrogen-bond acceptors (Lipinski definition) is 5. The van der Waals surface area contributed by atoms with Crippen LogP contribution >= 0.6 is 0 Å². The minimum absolute atomic E-state index is 0.0598. The number of hydrogen-bond donors (Lipinski definition) is 1. The maximum atomic E-state index is 14.4. The lowest BCUT2D eigenvalue weighted by molar-refractivity contribution is -0.275. The lowest BCUT2D eigenvalue weighted by Gasteiger charge is -2.16. The summed E-state index contributed by atoms with van der Waals surface area (Å²) in [6.07, 6.45) is -10.0. The summed E-state index contributed by atoms with van der Waals surface area (Å²) in [6, 6.07) is 17.8. The van der Waals surface area contributed by atoms with E-state index in [-0.39, 0.29) is 16.9 Å². The molecular weight excluding hydrogens is 639 g/mol. The Balaban J connectivity index is 1.53. The molecule has 0 aliphatic carbocycles. The first kappa shape index (κ1) is 33.0. The van der Waals surface area contributed by atoms with Gasteiger partial charge in [0.15, 0.2) is 0 Å². The molecule has 0 radical (unpaired) electrons. The summed E-state index contributed by atoms with van der Waals surface area (Å²) < 4.78 is 140. The molecule has 0 saturated heterocycles. The SMILES string of the molecule is C[C@H](NS(=O)c1ccc(OC(F)(F)F)cc1)c1ccc(Cc2ccc(OC(F)(F)F)cc2S(=O)(=O)c2ccccc2F)cc1. The van der Waals surface area contributed by atoms with Gasteiger partial charge in [0.1, 0.15) is 33.2 Å². The van der Waals surface area contributed by atoms with Crippen LogP contribution in [0.3, 0.4) is 0 Å². The monoisotopic (exact) mass is 661 g/mol. The molecule has 0 bridgehead atoms. The Kier molecular flexibility index (Phi) is 9.71. The van der Waals surface area contributed by atoms with Crippen LogP contribution < -0.4 is 14.2 Å². The van der Waals surface area contributed by atoms with E-state index in [2.05, 4.69) is 14.2 Å². The molecule has 0 aromatic heterocycles. The van der Waals surface area contributed by atoms with Gasteiger partial charge in [-0.1, -0.05) is 42.5 Å². The first-order valence-corrected chi connectivity index (χ1v) is 15.2. The van der Waals surface area contributed by atoms with E-state index >= 15 is 0 Å². The predicted octanol–water partition coefficient (Wildman–Crippen LogP) is 7.42. The third-order valence-electron chi connectivity index (χ3n) is 6.12. The summed E-state index contributed by atoms with van der Waals surface area (Å²) in [4.78, 5) is -1.08. The average Bonchev–Trinajstić information content (AvgIpc) is 2.93. The van der Waals surface area contributed by atoms with Crippen molar-refractivity contribution in [2.45, 2.75) is 46.8 Å². The standard InChI is InChI=1S/C29H22F7NO5S2/c1-18(37-43(38)24-14-12-22(13-15-24)41-28(31,32)33)20-8-6-19(7-9-20)16-21-10-11-23(42-29(34,35)36)17-27(21)44(39,40)26-5-3-2-4-25(26)30/h2-15,17-18,37H,16H2,1H3/t18-,43?/m0/s1. The Morgan fingerprint density at radius 1 is 0.773 bits per heavy atom. The first-order valence-electron chi connectivity index (χ1n) is 12.5. The van der Waals surface area contributed by atoms with Gasteiger partial charge in [0, 0.05) is 6.04 Å². The summed E-state index contributed by atoms with van der Waals surface area (Å²) >= 11 is 0. The van der Waals surface area contributed by atoms with Crippen LogP contribution in [0.1, 0.15) is 29.7 Å². The van der Waals surface area contributed by atoms with Crippen molar-refractivity contribution in [1.82, 2.24) is 4.72 Å². The fourth-order valence-electron chi connectivity index (χ4n) is 4.11. The highest BCUT2D eigenvalue weighted by molar-refractivity contribution is 7.91. The topological polar surface area (TPSA) is 81.7 Å². The normalized spacial score (nSPS) is 13.7. The molecule has 0 aliphatic heterocycles. The number of benzene rings is 4. The zero-order chi connectivity index (χ0) is 32.3. The third kappa shape index (κ3) is 8.57. The predicted molar refractivity (Wildman–Crippen MR) is 145 cm³/mol. The van der Waals surface area contributed by atoms with E-state index in [4.69, 9.17) is 0 Å². The Bertz CT molecular complexity index is 1740. The lowest BCUT2D eigenvalue weighted by atomic mass is 10.0. The van der Waals surface area contributed by atoms with Crippen molar-refractivity contribution in [3.05, 3.63) is 114 Å². The molecule has 234 valence electrons. The van der Waals surface area contributed by atoms with Gasteiger partial charge in [-0.2, -0.15) is 0 Å². The van der Waals surface area contributed by atoms with Gasteiger partial charge in [0.05, 0.1) is 9.79 Å². The van der Waals surface area contributed by atoms with E-state index in [1.807, 2.05) is 0 Å². The van der Waals surface area contributed by atoms with Crippen LogP contribution in [0.5, 0.6) is 11.5 Å². The minimum Gasteiger partial charge on any atom is -0.406 e. The van der Waals surface area contributed by atoms with Crippen molar-refractivity contribution in [2.75, 3.05) is 0 Å². The van der Waals surface area contributed by atoms with Gasteiger partial charge in [-0.05, 0) is 78.6 Å². The molecule has 0 spiro atoms. The highest BCUT2D eigenvalue weighted by Gasteiger charge is 2.33. The van der Waals surface area contributed by atoms with Crippen molar-refractivity contribution in [2.24, 2.45) is 0 Å². The summed E-state index contributed by atoms with van der Waals surface area (Å²) in [5.74, 6) is -2.33. The number of rotatable bonds is 10. The van der Waals surface area contributed by atoms with Gasteiger partial charge in [0.25, 0.3) is 0 Å². The van der Waals surface area contributed by atoms with E-state index in [0.717, 1.165) is 36.4 Å². The number of nitrogens with one attached hydrogen (secondary N) is 1. The Hall–Kier alpha value is -3.95. The summed E-state index contributed by atoms with van der Waals surface area (Å²) in [5, 5.41) is 0. The molecule has 6 nitrogen and oxygen atoms in total. The highest BCUT2D eigenvalue weighted by atomic mass is 32.2. The van der Waals surface area contributed by atoms with Crippen molar-refractivity contribution in [3.63, 3.8) is 0 Å². The van der Waals surface area contributed by atoms with E-state index in [1.54, 1.807) is 31.2 Å². The average molecular weight is 662 g/mol. The van der Waals surface area contributed by atoms with Crippen LogP contribution in [0.25, 0.3) is 0 Å². The lowest BCUT2D eigenvalue weighted by Crippen LogP contribution is -2.21. The molecule has 0 fully saturated rings. The van der Waals surface area contributed by atoms with E-state index < -0.39 is 66.7 Å². The smallest absolute Gasteiger partial charge is 0.406 e. The zero-order valence-corrected chi connectivity index (χ0v) is 24.1. The second kappa shape index (κ2) is 13.0. The molecule has 1 N–H and O–H groups in total. The second-order valence-corrected chi connectivity index (χ2v) is 12.4. The van der Waals surface area contributed by atoms with E-state index in [9.17, 15) is 43.4 Å².